The van der Waals surface area contributed by atoms with Gasteiger partial charge in [-0.3, -0.25) is 10.1 Å². The second-order valence-corrected chi connectivity index (χ2v) is 9.32. The molecule has 0 saturated heterocycles. The van der Waals surface area contributed by atoms with Crippen LogP contribution < -0.4 is 10.6 Å². The Balaban J connectivity index is 1.56. The number of hydrogen-bond donors (Lipinski definition) is 3. The predicted octanol–water partition coefficient (Wildman–Crippen LogP) is 4.48. The van der Waals surface area contributed by atoms with Crippen LogP contribution in [0.3, 0.4) is 0 Å². The summed E-state index contributed by atoms with van der Waals surface area (Å²) in [5, 5.41) is 25.2. The molecular weight excluding hydrogens is 562 g/mol. The highest BCUT2D eigenvalue weighted by Crippen LogP contribution is 2.14. The minimum absolute atomic E-state index is 0.0376. The number of nitro groups is 1. The van der Waals surface area contributed by atoms with Crippen LogP contribution >= 0.6 is 0 Å². The number of carbonyl (C=O) groups is 4. The van der Waals surface area contributed by atoms with Crippen LogP contribution in [0.15, 0.2) is 84.9 Å². The number of carboxylic acid groups (broad SMARTS) is 1. The van der Waals surface area contributed by atoms with E-state index in [0.29, 0.717) is 5.56 Å². The number of hydrogen-bond acceptors (Lipinski definition) is 9. The van der Waals surface area contributed by atoms with E-state index in [0.717, 1.165) is 11.1 Å². The summed E-state index contributed by atoms with van der Waals surface area (Å²) >= 11 is 0. The number of nitro benzene ring substituents is 1. The Labute approximate surface area is 246 Å². The fraction of sp³-hybridized carbons (Fsp3) is 0.267. The number of esters is 1. The van der Waals surface area contributed by atoms with Gasteiger partial charge in [-0.25, -0.2) is 19.2 Å². The molecule has 0 aliphatic rings. The van der Waals surface area contributed by atoms with Crippen LogP contribution in [0.5, 0.6) is 0 Å². The minimum Gasteiger partial charge on any atom is -0.480 e. The fourth-order valence-electron chi connectivity index (χ4n) is 3.82. The molecule has 0 fully saturated rings. The Morgan fingerprint density at radius 1 is 0.674 bits per heavy atom. The van der Waals surface area contributed by atoms with Crippen molar-refractivity contribution in [3.8, 4) is 0 Å². The average Bonchev–Trinajstić information content (AvgIpc) is 3.01. The molecule has 0 saturated carbocycles. The molecule has 3 rings (SSSR count). The van der Waals surface area contributed by atoms with Crippen molar-refractivity contribution in [1.82, 2.24) is 10.6 Å². The second kappa shape index (κ2) is 16.7. The summed E-state index contributed by atoms with van der Waals surface area (Å²) in [6, 6.07) is 20.6. The van der Waals surface area contributed by atoms with Crippen LogP contribution in [0.2, 0.25) is 0 Å². The maximum absolute atomic E-state index is 12.9. The number of nitrogens with one attached hydrogen (secondary N) is 2. The molecule has 2 atom stereocenters. The molecule has 2 amide bonds. The molecule has 226 valence electrons. The molecule has 13 nitrogen and oxygen atoms in total. The van der Waals surface area contributed by atoms with Gasteiger partial charge in [-0.05, 0) is 48.1 Å². The lowest BCUT2D eigenvalue weighted by molar-refractivity contribution is -0.384. The summed E-state index contributed by atoms with van der Waals surface area (Å²) in [6.07, 6.45) is -1.84. The van der Waals surface area contributed by atoms with E-state index in [1.165, 1.54) is 24.3 Å². The third-order valence-electron chi connectivity index (χ3n) is 6.11. The second-order valence-electron chi connectivity index (χ2n) is 9.32. The van der Waals surface area contributed by atoms with Crippen molar-refractivity contribution in [2.24, 2.45) is 0 Å². The molecule has 0 radical (unpaired) electrons. The van der Waals surface area contributed by atoms with E-state index in [1.54, 1.807) is 54.6 Å². The SMILES string of the molecule is O=C(NC(CCCC(NC(=O)OCc1ccccc1)C(=O)OCc1ccc([N+](=O)[O-])cc1)C(=O)O)OCc1ccccc1. The van der Waals surface area contributed by atoms with Crippen molar-refractivity contribution in [3.63, 3.8) is 0 Å². The van der Waals surface area contributed by atoms with E-state index in [1.807, 2.05) is 6.07 Å². The zero-order chi connectivity index (χ0) is 31.0. The molecule has 0 aliphatic carbocycles. The molecule has 2 unspecified atom stereocenters. The van der Waals surface area contributed by atoms with Gasteiger partial charge >= 0.3 is 24.1 Å². The summed E-state index contributed by atoms with van der Waals surface area (Å²) in [4.78, 5) is 59.6. The Hall–Kier alpha value is -5.46. The van der Waals surface area contributed by atoms with Crippen molar-refractivity contribution in [2.45, 2.75) is 51.2 Å². The number of aliphatic carboxylic acids is 1. The molecular formula is C30H31N3O10. The van der Waals surface area contributed by atoms with Crippen LogP contribution in [-0.2, 0) is 43.6 Å². The summed E-state index contributed by atoms with van der Waals surface area (Å²) in [5.41, 5.74) is 1.81. The van der Waals surface area contributed by atoms with Crippen molar-refractivity contribution in [1.29, 1.82) is 0 Å². The molecule has 3 aromatic carbocycles. The van der Waals surface area contributed by atoms with Gasteiger partial charge in [0.1, 0.15) is 31.9 Å². The number of alkyl carbamates (subject to hydrolysis) is 2. The number of non-ortho nitro benzene ring substituents is 1. The third kappa shape index (κ3) is 11.5. The van der Waals surface area contributed by atoms with Crippen molar-refractivity contribution in [3.05, 3.63) is 112 Å². The van der Waals surface area contributed by atoms with Gasteiger partial charge in [0, 0.05) is 12.1 Å². The van der Waals surface area contributed by atoms with Gasteiger partial charge in [0.25, 0.3) is 5.69 Å². The number of benzene rings is 3. The number of rotatable bonds is 15. The molecule has 0 heterocycles. The van der Waals surface area contributed by atoms with Crippen LogP contribution in [0.4, 0.5) is 15.3 Å². The van der Waals surface area contributed by atoms with Crippen molar-refractivity contribution >= 4 is 29.8 Å². The first-order chi connectivity index (χ1) is 20.7. The number of carbonyl (C=O) groups excluding carboxylic acids is 3. The van der Waals surface area contributed by atoms with Crippen LogP contribution in [0.25, 0.3) is 0 Å². The van der Waals surface area contributed by atoms with Crippen LogP contribution in [0.1, 0.15) is 36.0 Å². The standard InChI is InChI=1S/C30H31N3O10/c34-27(35)25(31-29(37)42-19-21-8-3-1-4-9-21)12-7-13-26(32-30(38)43-20-22-10-5-2-6-11-22)28(36)41-18-23-14-16-24(17-15-23)33(39)40/h1-6,8-11,14-17,25-26H,7,12-13,18-20H2,(H,31,37)(H,32,38)(H,34,35). The molecule has 43 heavy (non-hydrogen) atoms. The maximum atomic E-state index is 12.9. The van der Waals surface area contributed by atoms with E-state index in [2.05, 4.69) is 10.6 Å². The van der Waals surface area contributed by atoms with Gasteiger partial charge in [-0.1, -0.05) is 60.7 Å². The number of carboxylic acids is 1. The van der Waals surface area contributed by atoms with Crippen molar-refractivity contribution in [2.75, 3.05) is 0 Å². The zero-order valence-corrected chi connectivity index (χ0v) is 23.0. The van der Waals surface area contributed by atoms with E-state index >= 15 is 0 Å². The van der Waals surface area contributed by atoms with E-state index in [-0.39, 0.29) is 44.8 Å². The van der Waals surface area contributed by atoms with Crippen LogP contribution in [-0.4, -0.2) is 46.2 Å². The first-order valence-electron chi connectivity index (χ1n) is 13.3. The summed E-state index contributed by atoms with van der Waals surface area (Å²) in [5.74, 6) is -2.12. The van der Waals surface area contributed by atoms with E-state index in [9.17, 15) is 34.4 Å². The summed E-state index contributed by atoms with van der Waals surface area (Å²) in [7, 11) is 0. The number of nitrogens with zero attached hydrogens (tertiary/aromatic N) is 1. The van der Waals surface area contributed by atoms with Crippen molar-refractivity contribution < 1.29 is 43.4 Å². The van der Waals surface area contributed by atoms with Gasteiger partial charge in [-0.2, -0.15) is 0 Å². The fourth-order valence-corrected chi connectivity index (χ4v) is 3.82. The molecule has 0 spiro atoms. The highest BCUT2D eigenvalue weighted by molar-refractivity contribution is 5.81. The monoisotopic (exact) mass is 593 g/mol. The van der Waals surface area contributed by atoms with Gasteiger partial charge in [0.15, 0.2) is 0 Å². The number of amides is 2. The van der Waals surface area contributed by atoms with E-state index < -0.39 is 41.1 Å². The minimum atomic E-state index is -1.31. The smallest absolute Gasteiger partial charge is 0.408 e. The lowest BCUT2D eigenvalue weighted by atomic mass is 10.1. The van der Waals surface area contributed by atoms with Gasteiger partial charge in [0.2, 0.25) is 0 Å². The molecule has 0 aliphatic heterocycles. The van der Waals surface area contributed by atoms with Gasteiger partial charge in [-0.15, -0.1) is 0 Å². The first-order valence-corrected chi connectivity index (χ1v) is 13.3. The molecule has 13 heteroatoms. The molecule has 3 N–H and O–H groups in total. The van der Waals surface area contributed by atoms with Gasteiger partial charge in [0.05, 0.1) is 4.92 Å². The largest absolute Gasteiger partial charge is 0.480 e. The number of ether oxygens (including phenoxy) is 3. The average molecular weight is 594 g/mol. The topological polar surface area (TPSA) is 183 Å². The quantitative estimate of drug-likeness (QED) is 0.0982. The molecule has 0 bridgehead atoms. The summed E-state index contributed by atoms with van der Waals surface area (Å²) < 4.78 is 15.6. The van der Waals surface area contributed by atoms with Crippen LogP contribution in [0, 0.1) is 10.1 Å². The Kier molecular flexibility index (Phi) is 12.5. The first kappa shape index (κ1) is 32.1. The Morgan fingerprint density at radius 3 is 1.60 bits per heavy atom. The molecule has 3 aromatic rings. The van der Waals surface area contributed by atoms with Gasteiger partial charge < -0.3 is 30.0 Å². The summed E-state index contributed by atoms with van der Waals surface area (Å²) in [6.45, 7) is -0.315. The Morgan fingerprint density at radius 2 is 1.12 bits per heavy atom. The normalized spacial score (nSPS) is 11.8. The predicted molar refractivity (Wildman–Crippen MR) is 151 cm³/mol. The lowest BCUT2D eigenvalue weighted by Gasteiger charge is -2.19. The zero-order valence-electron chi connectivity index (χ0n) is 23.0. The lowest BCUT2D eigenvalue weighted by Crippen LogP contribution is -2.43. The highest BCUT2D eigenvalue weighted by atomic mass is 16.6. The highest BCUT2D eigenvalue weighted by Gasteiger charge is 2.26. The molecule has 0 aromatic heterocycles. The maximum Gasteiger partial charge on any atom is 0.408 e. The van der Waals surface area contributed by atoms with E-state index in [4.69, 9.17) is 14.2 Å². The Bertz CT molecular complexity index is 1370. The third-order valence-corrected chi connectivity index (χ3v) is 6.11.